The van der Waals surface area contributed by atoms with Crippen LogP contribution in [0.4, 0.5) is 13.2 Å². The number of methoxy groups -OCH3 is 1. The summed E-state index contributed by atoms with van der Waals surface area (Å²) in [5, 5.41) is 0. The lowest BCUT2D eigenvalue weighted by Gasteiger charge is -2.10. The minimum atomic E-state index is -4.64. The average Bonchev–Trinajstić information content (AvgIpc) is 3.13. The summed E-state index contributed by atoms with van der Waals surface area (Å²) < 4.78 is 50.7. The van der Waals surface area contributed by atoms with E-state index in [4.69, 9.17) is 4.42 Å². The van der Waals surface area contributed by atoms with Crippen molar-refractivity contribution >= 4 is 27.5 Å². The van der Waals surface area contributed by atoms with E-state index in [-0.39, 0.29) is 15.9 Å². The Morgan fingerprint density at radius 2 is 2.13 bits per heavy atom. The molecule has 0 N–H and O–H groups in total. The van der Waals surface area contributed by atoms with E-state index >= 15 is 0 Å². The first-order chi connectivity index (χ1) is 10.8. The Kier molecular flexibility index (Phi) is 3.67. The van der Waals surface area contributed by atoms with Gasteiger partial charge in [-0.2, -0.15) is 13.2 Å². The molecule has 5 nitrogen and oxygen atoms in total. The zero-order valence-corrected chi connectivity index (χ0v) is 13.1. The second-order valence-electron chi connectivity index (χ2n) is 4.59. The number of carbonyl (C=O) groups is 1. The third-order valence-electron chi connectivity index (χ3n) is 3.20. The fraction of sp³-hybridized carbons (Fsp3) is 0.143. The summed E-state index contributed by atoms with van der Waals surface area (Å²) in [6, 6.07) is 2.49. The molecule has 0 spiro atoms. The van der Waals surface area contributed by atoms with Gasteiger partial charge in [-0.3, -0.25) is 4.40 Å². The van der Waals surface area contributed by atoms with Gasteiger partial charge in [-0.15, -0.1) is 0 Å². The van der Waals surface area contributed by atoms with Gasteiger partial charge in [0, 0.05) is 17.3 Å². The summed E-state index contributed by atoms with van der Waals surface area (Å²) in [5.74, 6) is -0.835. The maximum atomic E-state index is 13.4. The monoisotopic (exact) mass is 388 g/mol. The van der Waals surface area contributed by atoms with Crippen LogP contribution in [0.5, 0.6) is 0 Å². The minimum absolute atomic E-state index is 0.0789. The number of pyridine rings is 1. The van der Waals surface area contributed by atoms with Gasteiger partial charge in [-0.1, -0.05) is 0 Å². The van der Waals surface area contributed by atoms with Crippen LogP contribution in [0.25, 0.3) is 16.8 Å². The number of hydrogen-bond acceptors (Lipinski definition) is 4. The number of esters is 1. The van der Waals surface area contributed by atoms with Crippen molar-refractivity contribution in [3.05, 3.63) is 46.7 Å². The molecule has 3 heterocycles. The molecule has 3 aromatic heterocycles. The lowest BCUT2D eigenvalue weighted by Crippen LogP contribution is -2.08. The third kappa shape index (κ3) is 2.61. The minimum Gasteiger partial charge on any atom is -0.472 e. The molecule has 0 fully saturated rings. The zero-order valence-electron chi connectivity index (χ0n) is 11.5. The van der Waals surface area contributed by atoms with Crippen LogP contribution in [-0.4, -0.2) is 22.5 Å². The molecule has 3 aromatic rings. The largest absolute Gasteiger partial charge is 0.472 e. The fourth-order valence-electron chi connectivity index (χ4n) is 2.14. The van der Waals surface area contributed by atoms with E-state index in [1.807, 2.05) is 0 Å². The SMILES string of the molecule is COC(=O)c1nc2c(C(F)(F)F)cc(-c3ccoc3)cn2c1Br. The van der Waals surface area contributed by atoms with Crippen LogP contribution < -0.4 is 0 Å². The first-order valence-electron chi connectivity index (χ1n) is 6.22. The highest BCUT2D eigenvalue weighted by molar-refractivity contribution is 9.10. The van der Waals surface area contributed by atoms with Crippen LogP contribution in [0.3, 0.4) is 0 Å². The molecular weight excluding hydrogens is 381 g/mol. The van der Waals surface area contributed by atoms with Crippen molar-refractivity contribution < 1.29 is 27.1 Å². The molecule has 23 heavy (non-hydrogen) atoms. The molecule has 0 radical (unpaired) electrons. The fourth-order valence-corrected chi connectivity index (χ4v) is 2.66. The van der Waals surface area contributed by atoms with Gasteiger partial charge >= 0.3 is 12.1 Å². The Labute approximate surface area is 135 Å². The summed E-state index contributed by atoms with van der Waals surface area (Å²) in [6.07, 6.45) is -0.527. The second kappa shape index (κ2) is 5.41. The van der Waals surface area contributed by atoms with Crippen molar-refractivity contribution in [3.8, 4) is 11.1 Å². The van der Waals surface area contributed by atoms with Gasteiger partial charge in [0.2, 0.25) is 0 Å². The zero-order chi connectivity index (χ0) is 16.8. The van der Waals surface area contributed by atoms with Crippen LogP contribution in [0, 0.1) is 0 Å². The van der Waals surface area contributed by atoms with E-state index in [1.54, 1.807) is 0 Å². The molecule has 0 saturated heterocycles. The Morgan fingerprint density at radius 1 is 1.39 bits per heavy atom. The summed E-state index contributed by atoms with van der Waals surface area (Å²) in [7, 11) is 1.13. The van der Waals surface area contributed by atoms with Crippen LogP contribution in [-0.2, 0) is 10.9 Å². The number of fused-ring (bicyclic) bond motifs is 1. The summed E-state index contributed by atoms with van der Waals surface area (Å²) in [4.78, 5) is 15.4. The average molecular weight is 389 g/mol. The number of nitrogens with zero attached hydrogens (tertiary/aromatic N) is 2. The lowest BCUT2D eigenvalue weighted by molar-refractivity contribution is -0.136. The molecule has 0 amide bonds. The standard InChI is InChI=1S/C14H8BrF3N2O3/c1-22-13(21)10-11(15)20-5-8(7-2-3-23-6-7)4-9(12(20)19-10)14(16,17)18/h2-6H,1H3. The number of ether oxygens (including phenoxy) is 1. The number of alkyl halides is 3. The van der Waals surface area contributed by atoms with Gasteiger partial charge < -0.3 is 9.15 Å². The van der Waals surface area contributed by atoms with E-state index in [1.165, 1.54) is 24.8 Å². The van der Waals surface area contributed by atoms with Gasteiger partial charge in [-0.25, -0.2) is 9.78 Å². The normalized spacial score (nSPS) is 11.9. The molecule has 0 aliphatic heterocycles. The van der Waals surface area contributed by atoms with Crippen molar-refractivity contribution in [2.45, 2.75) is 6.18 Å². The molecular formula is C14H8BrF3N2O3. The van der Waals surface area contributed by atoms with E-state index in [0.29, 0.717) is 5.56 Å². The molecule has 0 atom stereocenters. The number of furan rings is 1. The summed E-state index contributed by atoms with van der Waals surface area (Å²) in [6.45, 7) is 0. The van der Waals surface area contributed by atoms with Gasteiger partial charge in [0.15, 0.2) is 11.3 Å². The van der Waals surface area contributed by atoms with Crippen molar-refractivity contribution in [1.29, 1.82) is 0 Å². The maximum Gasteiger partial charge on any atom is 0.420 e. The summed E-state index contributed by atoms with van der Waals surface area (Å²) in [5.41, 5.74) is -0.850. The van der Waals surface area contributed by atoms with Crippen molar-refractivity contribution in [1.82, 2.24) is 9.38 Å². The predicted octanol–water partition coefficient (Wildman–Crippen LogP) is 4.16. The van der Waals surface area contributed by atoms with E-state index in [2.05, 4.69) is 25.7 Å². The summed E-state index contributed by atoms with van der Waals surface area (Å²) >= 11 is 3.10. The molecule has 120 valence electrons. The van der Waals surface area contributed by atoms with Gasteiger partial charge in [0.1, 0.15) is 4.60 Å². The topological polar surface area (TPSA) is 56.7 Å². The van der Waals surface area contributed by atoms with E-state index in [0.717, 1.165) is 17.6 Å². The first kappa shape index (κ1) is 15.6. The van der Waals surface area contributed by atoms with Crippen LogP contribution in [0.1, 0.15) is 16.1 Å². The molecule has 3 rings (SSSR count). The predicted molar refractivity (Wildman–Crippen MR) is 76.9 cm³/mol. The molecule has 0 aliphatic rings. The van der Waals surface area contributed by atoms with Gasteiger partial charge in [0.05, 0.1) is 25.2 Å². The number of rotatable bonds is 2. The second-order valence-corrected chi connectivity index (χ2v) is 5.34. The highest BCUT2D eigenvalue weighted by atomic mass is 79.9. The number of carbonyl (C=O) groups excluding carboxylic acids is 1. The molecule has 9 heteroatoms. The van der Waals surface area contributed by atoms with E-state index < -0.39 is 23.4 Å². The Morgan fingerprint density at radius 3 is 2.70 bits per heavy atom. The van der Waals surface area contributed by atoms with Crippen molar-refractivity contribution in [2.24, 2.45) is 0 Å². The highest BCUT2D eigenvalue weighted by Gasteiger charge is 2.36. The number of halogens is 4. The van der Waals surface area contributed by atoms with Crippen LogP contribution >= 0.6 is 15.9 Å². The molecule has 0 unspecified atom stereocenters. The Balaban J connectivity index is 2.35. The van der Waals surface area contributed by atoms with Crippen molar-refractivity contribution in [2.75, 3.05) is 7.11 Å². The smallest absolute Gasteiger partial charge is 0.420 e. The highest BCUT2D eigenvalue weighted by Crippen LogP contribution is 2.37. The number of hydrogen-bond donors (Lipinski definition) is 0. The third-order valence-corrected chi connectivity index (χ3v) is 3.96. The molecule has 0 aromatic carbocycles. The Hall–Kier alpha value is -2.29. The van der Waals surface area contributed by atoms with Gasteiger partial charge in [-0.05, 0) is 28.1 Å². The van der Waals surface area contributed by atoms with Crippen LogP contribution in [0.2, 0.25) is 0 Å². The maximum absolute atomic E-state index is 13.4. The first-order valence-corrected chi connectivity index (χ1v) is 7.02. The van der Waals surface area contributed by atoms with Crippen molar-refractivity contribution in [3.63, 3.8) is 0 Å². The lowest BCUT2D eigenvalue weighted by atomic mass is 10.1. The Bertz CT molecular complexity index is 885. The molecule has 0 aliphatic carbocycles. The van der Waals surface area contributed by atoms with Gasteiger partial charge in [0.25, 0.3) is 0 Å². The number of aromatic nitrogens is 2. The molecule has 0 bridgehead atoms. The molecule has 0 saturated carbocycles. The number of imidazole rings is 1. The quantitative estimate of drug-likeness (QED) is 0.618. The van der Waals surface area contributed by atoms with E-state index in [9.17, 15) is 18.0 Å². The van der Waals surface area contributed by atoms with Crippen LogP contribution in [0.15, 0.2) is 39.9 Å².